The van der Waals surface area contributed by atoms with E-state index in [0.717, 1.165) is 18.5 Å². The van der Waals surface area contributed by atoms with E-state index in [4.69, 9.17) is 17.3 Å². The Balaban J connectivity index is 1.94. The van der Waals surface area contributed by atoms with E-state index in [-0.39, 0.29) is 12.2 Å². The van der Waals surface area contributed by atoms with Gasteiger partial charge in [0.25, 0.3) is 0 Å². The molecule has 3 nitrogen and oxygen atoms in total. The predicted molar refractivity (Wildman–Crippen MR) is 72.6 cm³/mol. The third-order valence-electron chi connectivity index (χ3n) is 3.20. The molecule has 1 fully saturated rings. The Hall–Kier alpha value is -1.68. The number of nitrogens with two attached hydrogens (primary N) is 1. The van der Waals surface area contributed by atoms with Crippen molar-refractivity contribution in [3.8, 4) is 0 Å². The van der Waals surface area contributed by atoms with Crippen molar-refractivity contribution in [2.45, 2.75) is 25.2 Å². The topological polar surface area (TPSA) is 51.8 Å². The second-order valence-electron chi connectivity index (χ2n) is 4.79. The minimum Gasteiger partial charge on any atom is -0.384 e. The second-order valence-corrected chi connectivity index (χ2v) is 5.19. The zero-order chi connectivity index (χ0) is 13.4. The summed E-state index contributed by atoms with van der Waals surface area (Å²) in [6.45, 7) is 0. The molecule has 1 saturated carbocycles. The average Bonchev–Trinajstić information content (AvgIpc) is 3.17. The number of nitrogen functional groups attached to an aromatic ring is 1. The number of anilines is 1. The molecule has 1 aromatic carbocycles. The van der Waals surface area contributed by atoms with Crippen LogP contribution in [0.15, 0.2) is 24.3 Å². The zero-order valence-electron chi connectivity index (χ0n) is 10.2. The van der Waals surface area contributed by atoms with Crippen LogP contribution >= 0.6 is 11.6 Å². The van der Waals surface area contributed by atoms with Crippen LogP contribution in [-0.2, 0) is 6.42 Å². The molecule has 0 saturated heterocycles. The van der Waals surface area contributed by atoms with Crippen LogP contribution in [0, 0.1) is 5.82 Å². The van der Waals surface area contributed by atoms with Gasteiger partial charge in [-0.2, -0.15) is 0 Å². The summed E-state index contributed by atoms with van der Waals surface area (Å²) in [5, 5.41) is 0.388. The van der Waals surface area contributed by atoms with Crippen molar-refractivity contribution >= 4 is 17.4 Å². The van der Waals surface area contributed by atoms with Crippen LogP contribution < -0.4 is 5.73 Å². The fraction of sp³-hybridized carbons (Fsp3) is 0.286. The van der Waals surface area contributed by atoms with Gasteiger partial charge in [0.15, 0.2) is 0 Å². The molecule has 0 radical (unpaired) electrons. The summed E-state index contributed by atoms with van der Waals surface area (Å²) in [6, 6.07) is 6.42. The quantitative estimate of drug-likeness (QED) is 0.936. The molecule has 19 heavy (non-hydrogen) atoms. The van der Waals surface area contributed by atoms with Gasteiger partial charge in [0.1, 0.15) is 17.5 Å². The predicted octanol–water partition coefficient (Wildman–Crippen LogP) is 3.32. The maximum atomic E-state index is 13.7. The molecule has 1 heterocycles. The third kappa shape index (κ3) is 2.68. The number of benzene rings is 1. The Morgan fingerprint density at radius 1 is 1.32 bits per heavy atom. The van der Waals surface area contributed by atoms with Gasteiger partial charge in [-0.05, 0) is 25.0 Å². The number of rotatable bonds is 3. The summed E-state index contributed by atoms with van der Waals surface area (Å²) in [7, 11) is 0. The van der Waals surface area contributed by atoms with Gasteiger partial charge in [0, 0.05) is 34.7 Å². The Kier molecular flexibility index (Phi) is 3.11. The summed E-state index contributed by atoms with van der Waals surface area (Å²) in [4.78, 5) is 8.62. The van der Waals surface area contributed by atoms with Crippen molar-refractivity contribution in [3.05, 3.63) is 52.2 Å². The van der Waals surface area contributed by atoms with Crippen molar-refractivity contribution in [3.63, 3.8) is 0 Å². The number of halogens is 2. The van der Waals surface area contributed by atoms with Gasteiger partial charge in [0.2, 0.25) is 0 Å². The number of hydrogen-bond donors (Lipinski definition) is 1. The van der Waals surface area contributed by atoms with Gasteiger partial charge >= 0.3 is 0 Å². The molecule has 0 bridgehead atoms. The average molecular weight is 278 g/mol. The van der Waals surface area contributed by atoms with E-state index in [1.807, 2.05) is 0 Å². The first-order valence-electron chi connectivity index (χ1n) is 6.19. The molecule has 3 rings (SSSR count). The van der Waals surface area contributed by atoms with Crippen LogP contribution in [0.3, 0.4) is 0 Å². The van der Waals surface area contributed by atoms with E-state index in [1.54, 1.807) is 18.2 Å². The molecule has 2 N–H and O–H groups in total. The van der Waals surface area contributed by atoms with Gasteiger partial charge in [-0.15, -0.1) is 0 Å². The Labute approximate surface area is 115 Å². The van der Waals surface area contributed by atoms with E-state index < -0.39 is 0 Å². The van der Waals surface area contributed by atoms with Gasteiger partial charge in [-0.1, -0.05) is 17.7 Å². The lowest BCUT2D eigenvalue weighted by Gasteiger charge is -2.07. The van der Waals surface area contributed by atoms with Gasteiger partial charge < -0.3 is 5.73 Å². The monoisotopic (exact) mass is 277 g/mol. The highest BCUT2D eigenvalue weighted by molar-refractivity contribution is 6.31. The highest BCUT2D eigenvalue weighted by Crippen LogP contribution is 2.39. The molecule has 0 spiro atoms. The molecule has 1 aromatic heterocycles. The zero-order valence-corrected chi connectivity index (χ0v) is 11.0. The molecule has 1 aliphatic carbocycles. The largest absolute Gasteiger partial charge is 0.384 e. The summed E-state index contributed by atoms with van der Waals surface area (Å²) in [6.07, 6.45) is 2.53. The number of hydrogen-bond acceptors (Lipinski definition) is 3. The maximum absolute atomic E-state index is 13.7. The number of nitrogens with zero attached hydrogens (tertiary/aromatic N) is 2. The second kappa shape index (κ2) is 4.78. The van der Waals surface area contributed by atoms with Crippen LogP contribution in [0.4, 0.5) is 10.2 Å². The minimum absolute atomic E-state index is 0.260. The lowest BCUT2D eigenvalue weighted by Crippen LogP contribution is -2.05. The first-order valence-corrected chi connectivity index (χ1v) is 6.57. The van der Waals surface area contributed by atoms with Crippen molar-refractivity contribution in [2.75, 3.05) is 5.73 Å². The van der Waals surface area contributed by atoms with E-state index in [2.05, 4.69) is 9.97 Å². The van der Waals surface area contributed by atoms with Crippen molar-refractivity contribution in [1.29, 1.82) is 0 Å². The highest BCUT2D eigenvalue weighted by atomic mass is 35.5. The van der Waals surface area contributed by atoms with E-state index in [0.29, 0.717) is 28.1 Å². The van der Waals surface area contributed by atoms with Crippen LogP contribution in [0.5, 0.6) is 0 Å². The molecular weight excluding hydrogens is 265 g/mol. The summed E-state index contributed by atoms with van der Waals surface area (Å²) in [5.41, 5.74) is 7.14. The fourth-order valence-corrected chi connectivity index (χ4v) is 2.30. The molecule has 2 aromatic rings. The smallest absolute Gasteiger partial charge is 0.135 e. The Bertz CT molecular complexity index is 606. The SMILES string of the molecule is Nc1cc(C2CC2)nc(Cc2c(F)cccc2Cl)n1. The van der Waals surface area contributed by atoms with Crippen LogP contribution in [0.2, 0.25) is 5.02 Å². The normalized spacial score (nSPS) is 14.6. The summed E-state index contributed by atoms with van der Waals surface area (Å²) >= 11 is 6.01. The molecule has 0 atom stereocenters. The third-order valence-corrected chi connectivity index (χ3v) is 3.56. The van der Waals surface area contributed by atoms with Gasteiger partial charge in [-0.3, -0.25) is 0 Å². The summed E-state index contributed by atoms with van der Waals surface area (Å²) < 4.78 is 13.7. The van der Waals surface area contributed by atoms with Crippen molar-refractivity contribution in [1.82, 2.24) is 9.97 Å². The first-order chi connectivity index (χ1) is 9.13. The van der Waals surface area contributed by atoms with Gasteiger partial charge in [-0.25, -0.2) is 14.4 Å². The lowest BCUT2D eigenvalue weighted by molar-refractivity contribution is 0.612. The van der Waals surface area contributed by atoms with E-state index in [9.17, 15) is 4.39 Å². The minimum atomic E-state index is -0.341. The lowest BCUT2D eigenvalue weighted by atomic mass is 10.1. The number of aromatic nitrogens is 2. The Morgan fingerprint density at radius 2 is 2.11 bits per heavy atom. The standard InChI is InChI=1S/C14H13ClFN3/c15-10-2-1-3-11(16)9(10)6-14-18-12(8-4-5-8)7-13(17)19-14/h1-3,7-8H,4-6H2,(H2,17,18,19). The molecule has 1 aliphatic rings. The van der Waals surface area contributed by atoms with E-state index >= 15 is 0 Å². The molecule has 0 amide bonds. The highest BCUT2D eigenvalue weighted by Gasteiger charge is 2.26. The molecule has 98 valence electrons. The van der Waals surface area contributed by atoms with E-state index in [1.165, 1.54) is 6.07 Å². The first kappa shape index (κ1) is 12.4. The molecule has 0 aliphatic heterocycles. The Morgan fingerprint density at radius 3 is 2.79 bits per heavy atom. The van der Waals surface area contributed by atoms with Crippen LogP contribution in [0.1, 0.15) is 35.8 Å². The van der Waals surface area contributed by atoms with Crippen molar-refractivity contribution < 1.29 is 4.39 Å². The fourth-order valence-electron chi connectivity index (χ4n) is 2.07. The van der Waals surface area contributed by atoms with Crippen LogP contribution in [-0.4, -0.2) is 9.97 Å². The van der Waals surface area contributed by atoms with Gasteiger partial charge in [0.05, 0.1) is 0 Å². The maximum Gasteiger partial charge on any atom is 0.135 e. The van der Waals surface area contributed by atoms with Crippen molar-refractivity contribution in [2.24, 2.45) is 0 Å². The molecule has 5 heteroatoms. The molecular formula is C14H13ClFN3. The summed E-state index contributed by atoms with van der Waals surface area (Å²) in [5.74, 6) is 1.10. The molecule has 0 unspecified atom stereocenters. The van der Waals surface area contributed by atoms with Crippen LogP contribution in [0.25, 0.3) is 0 Å².